The third-order valence-corrected chi connectivity index (χ3v) is 7.73. The van der Waals surface area contributed by atoms with E-state index in [0.717, 1.165) is 70.2 Å². The number of likely N-dealkylation sites (tertiary alicyclic amines) is 1. The summed E-state index contributed by atoms with van der Waals surface area (Å²) in [6.45, 7) is 10.8. The summed E-state index contributed by atoms with van der Waals surface area (Å²) in [6, 6.07) is 8.27. The zero-order valence-corrected chi connectivity index (χ0v) is 23.8. The molecule has 0 spiro atoms. The highest BCUT2D eigenvalue weighted by Crippen LogP contribution is 2.33. The summed E-state index contributed by atoms with van der Waals surface area (Å²) in [5.74, 6) is 2.15. The Kier molecular flexibility index (Phi) is 11.5. The van der Waals surface area contributed by atoms with Gasteiger partial charge in [-0.25, -0.2) is 4.79 Å². The van der Waals surface area contributed by atoms with Gasteiger partial charge in [-0.15, -0.1) is 0 Å². The maximum atomic E-state index is 13.0. The molecule has 3 rings (SSSR count). The van der Waals surface area contributed by atoms with E-state index in [-0.39, 0.29) is 18.6 Å². The third kappa shape index (κ3) is 9.64. The minimum Gasteiger partial charge on any atom is -0.493 e. The number of amides is 2. The molecular weight excluding hydrogens is 480 g/mol. The number of benzene rings is 1. The fraction of sp³-hybridized carbons (Fsp3) is 0.677. The molecule has 0 aromatic heterocycles. The van der Waals surface area contributed by atoms with Crippen molar-refractivity contribution in [2.45, 2.75) is 84.7 Å². The molecule has 2 unspecified atom stereocenters. The van der Waals surface area contributed by atoms with E-state index in [9.17, 15) is 9.59 Å². The largest absolute Gasteiger partial charge is 0.493 e. The van der Waals surface area contributed by atoms with Gasteiger partial charge in [-0.1, -0.05) is 25.1 Å². The first-order valence-electron chi connectivity index (χ1n) is 14.5. The van der Waals surface area contributed by atoms with Crippen molar-refractivity contribution in [1.82, 2.24) is 10.2 Å². The first-order chi connectivity index (χ1) is 18.2. The molecular formula is C31H48N2O5. The number of nitrogens with one attached hydrogen (secondary N) is 1. The Morgan fingerprint density at radius 2 is 1.84 bits per heavy atom. The van der Waals surface area contributed by atoms with Gasteiger partial charge in [0.05, 0.1) is 6.61 Å². The van der Waals surface area contributed by atoms with Crippen LogP contribution < -0.4 is 10.1 Å². The van der Waals surface area contributed by atoms with E-state index in [1.165, 1.54) is 11.1 Å². The summed E-state index contributed by atoms with van der Waals surface area (Å²) in [5.41, 5.74) is 2.01. The van der Waals surface area contributed by atoms with E-state index in [2.05, 4.69) is 30.4 Å². The molecule has 7 nitrogen and oxygen atoms in total. The van der Waals surface area contributed by atoms with Crippen LogP contribution in [0.1, 0.15) is 84.6 Å². The van der Waals surface area contributed by atoms with Crippen LogP contribution in [-0.2, 0) is 9.53 Å². The van der Waals surface area contributed by atoms with Crippen LogP contribution >= 0.6 is 0 Å². The summed E-state index contributed by atoms with van der Waals surface area (Å²) in [7, 11) is 0. The fourth-order valence-electron chi connectivity index (χ4n) is 5.28. The monoisotopic (exact) mass is 528 g/mol. The number of carbonyl (C=O) groups is 2. The molecule has 212 valence electrons. The van der Waals surface area contributed by atoms with E-state index in [1.807, 2.05) is 37.8 Å². The topological polar surface area (TPSA) is 88.1 Å². The zero-order chi connectivity index (χ0) is 27.5. The van der Waals surface area contributed by atoms with Crippen molar-refractivity contribution in [3.8, 4) is 5.75 Å². The van der Waals surface area contributed by atoms with Crippen LogP contribution in [0, 0.1) is 17.8 Å². The first kappa shape index (κ1) is 30.0. The van der Waals surface area contributed by atoms with Crippen molar-refractivity contribution in [2.24, 2.45) is 17.8 Å². The lowest BCUT2D eigenvalue weighted by Crippen LogP contribution is -2.42. The number of aliphatic hydroxyl groups is 1. The van der Waals surface area contributed by atoms with Gasteiger partial charge in [0, 0.05) is 32.2 Å². The SMILES string of the molecule is CCC(CCNC(=O)OC(C)(C)C)COc1ccc(C2=CCC(C(=O)N3CCC(CCO)CC3)CC2)cc1. The average molecular weight is 529 g/mol. The van der Waals surface area contributed by atoms with Crippen LogP contribution in [0.4, 0.5) is 4.79 Å². The predicted molar refractivity (Wildman–Crippen MR) is 151 cm³/mol. The number of aliphatic hydroxyl groups excluding tert-OH is 1. The number of carbonyl (C=O) groups excluding carboxylic acids is 2. The number of piperidine rings is 1. The number of allylic oxidation sites excluding steroid dienone is 2. The van der Waals surface area contributed by atoms with Gasteiger partial charge in [0.25, 0.3) is 0 Å². The number of ether oxygens (including phenoxy) is 2. The molecule has 0 radical (unpaired) electrons. The summed E-state index contributed by atoms with van der Waals surface area (Å²) in [6.07, 6.45) is 9.16. The molecule has 2 amide bonds. The number of hydrogen-bond acceptors (Lipinski definition) is 5. The molecule has 1 aromatic carbocycles. The predicted octanol–water partition coefficient (Wildman–Crippen LogP) is 5.81. The molecule has 38 heavy (non-hydrogen) atoms. The van der Waals surface area contributed by atoms with Crippen molar-refractivity contribution >= 4 is 17.6 Å². The van der Waals surface area contributed by atoms with E-state index in [0.29, 0.717) is 30.9 Å². The van der Waals surface area contributed by atoms with Gasteiger partial charge in [0.2, 0.25) is 5.91 Å². The van der Waals surface area contributed by atoms with Crippen molar-refractivity contribution in [2.75, 3.05) is 32.8 Å². The molecule has 0 saturated carbocycles. The molecule has 1 saturated heterocycles. The lowest BCUT2D eigenvalue weighted by atomic mass is 9.85. The molecule has 1 aliphatic carbocycles. The Bertz CT molecular complexity index is 913. The van der Waals surface area contributed by atoms with Gasteiger partial charge in [-0.3, -0.25) is 4.79 Å². The first-order valence-corrected chi connectivity index (χ1v) is 14.5. The molecule has 1 aliphatic heterocycles. The van der Waals surface area contributed by atoms with E-state index < -0.39 is 5.60 Å². The molecule has 1 fully saturated rings. The van der Waals surface area contributed by atoms with Crippen LogP contribution in [0.5, 0.6) is 5.75 Å². The molecule has 0 bridgehead atoms. The molecule has 2 atom stereocenters. The Hall–Kier alpha value is -2.54. The second kappa shape index (κ2) is 14.6. The lowest BCUT2D eigenvalue weighted by Gasteiger charge is -2.35. The standard InChI is InChI=1S/C31H48N2O5/c1-5-23(14-18-32-30(36)38-31(2,3)4)22-37-28-12-10-26(11-13-28)25-6-8-27(9-7-25)29(35)33-19-15-24(16-20-33)17-21-34/h6,10-13,23-24,27,34H,5,7-9,14-22H2,1-4H3,(H,32,36). The minimum absolute atomic E-state index is 0.0894. The molecule has 2 N–H and O–H groups in total. The highest BCUT2D eigenvalue weighted by Gasteiger charge is 2.29. The Labute approximate surface area is 229 Å². The fourth-order valence-corrected chi connectivity index (χ4v) is 5.28. The van der Waals surface area contributed by atoms with Crippen molar-refractivity contribution in [3.63, 3.8) is 0 Å². The summed E-state index contributed by atoms with van der Waals surface area (Å²) in [4.78, 5) is 26.9. The van der Waals surface area contributed by atoms with E-state index in [4.69, 9.17) is 14.6 Å². The van der Waals surface area contributed by atoms with Crippen LogP contribution in [0.2, 0.25) is 0 Å². The Morgan fingerprint density at radius 3 is 2.42 bits per heavy atom. The zero-order valence-electron chi connectivity index (χ0n) is 23.8. The second-order valence-electron chi connectivity index (χ2n) is 11.8. The quantitative estimate of drug-likeness (QED) is 0.378. The normalized spacial score (nSPS) is 19.4. The van der Waals surface area contributed by atoms with Gasteiger partial charge in [-0.2, -0.15) is 0 Å². The van der Waals surface area contributed by atoms with Gasteiger partial charge in [0.1, 0.15) is 11.4 Å². The number of alkyl carbamates (subject to hydrolysis) is 1. The lowest BCUT2D eigenvalue weighted by molar-refractivity contribution is -0.137. The van der Waals surface area contributed by atoms with Crippen molar-refractivity contribution in [3.05, 3.63) is 35.9 Å². The molecule has 2 aliphatic rings. The van der Waals surface area contributed by atoms with Gasteiger partial charge < -0.3 is 24.8 Å². The number of rotatable bonds is 11. The maximum absolute atomic E-state index is 13.0. The van der Waals surface area contributed by atoms with Gasteiger partial charge in [0.15, 0.2) is 0 Å². The molecule has 1 heterocycles. The maximum Gasteiger partial charge on any atom is 0.407 e. The summed E-state index contributed by atoms with van der Waals surface area (Å²) >= 11 is 0. The molecule has 7 heteroatoms. The highest BCUT2D eigenvalue weighted by atomic mass is 16.6. The van der Waals surface area contributed by atoms with Crippen LogP contribution in [0.25, 0.3) is 5.57 Å². The minimum atomic E-state index is -0.491. The highest BCUT2D eigenvalue weighted by molar-refractivity contribution is 5.81. The average Bonchev–Trinajstić information content (AvgIpc) is 2.90. The van der Waals surface area contributed by atoms with Crippen LogP contribution in [0.3, 0.4) is 0 Å². The Morgan fingerprint density at radius 1 is 1.13 bits per heavy atom. The summed E-state index contributed by atoms with van der Waals surface area (Å²) < 4.78 is 11.3. The second-order valence-corrected chi connectivity index (χ2v) is 11.8. The van der Waals surface area contributed by atoms with Gasteiger partial charge in [-0.05, 0) is 107 Å². The van der Waals surface area contributed by atoms with E-state index in [1.54, 1.807) is 0 Å². The van der Waals surface area contributed by atoms with Gasteiger partial charge >= 0.3 is 6.09 Å². The molecule has 1 aromatic rings. The number of hydrogen-bond donors (Lipinski definition) is 2. The summed E-state index contributed by atoms with van der Waals surface area (Å²) in [5, 5.41) is 12.0. The smallest absolute Gasteiger partial charge is 0.407 e. The van der Waals surface area contributed by atoms with E-state index >= 15 is 0 Å². The van der Waals surface area contributed by atoms with Crippen molar-refractivity contribution in [1.29, 1.82) is 0 Å². The van der Waals surface area contributed by atoms with Crippen LogP contribution in [-0.4, -0.2) is 60.5 Å². The Balaban J connectivity index is 1.41. The third-order valence-electron chi connectivity index (χ3n) is 7.73. The number of nitrogens with zero attached hydrogens (tertiary/aromatic N) is 1. The van der Waals surface area contributed by atoms with Crippen molar-refractivity contribution < 1.29 is 24.2 Å². The van der Waals surface area contributed by atoms with Crippen LogP contribution in [0.15, 0.2) is 30.3 Å².